The van der Waals surface area contributed by atoms with Crippen LogP contribution in [-0.2, 0) is 13.0 Å². The Kier molecular flexibility index (Phi) is 9.03. The minimum absolute atomic E-state index is 0. The number of hydrogen-bond acceptors (Lipinski definition) is 14. The van der Waals surface area contributed by atoms with E-state index in [4.69, 9.17) is 17.2 Å². The summed E-state index contributed by atoms with van der Waals surface area (Å²) < 4.78 is 5.50. The molecule has 48 heavy (non-hydrogen) atoms. The second-order valence-electron chi connectivity index (χ2n) is 10.4. The number of rotatable bonds is 7. The van der Waals surface area contributed by atoms with Crippen molar-refractivity contribution in [2.75, 3.05) is 16.8 Å². The third-order valence-corrected chi connectivity index (χ3v) is 7.40. The lowest BCUT2D eigenvalue weighted by Gasteiger charge is -2.14. The molecule has 3 heterocycles. The van der Waals surface area contributed by atoms with Crippen molar-refractivity contribution >= 4 is 53.1 Å². The highest BCUT2D eigenvalue weighted by Crippen LogP contribution is 2.33. The van der Waals surface area contributed by atoms with Crippen molar-refractivity contribution in [3.8, 4) is 11.4 Å². The fourth-order valence-corrected chi connectivity index (χ4v) is 5.11. The lowest BCUT2D eigenvalue weighted by molar-refractivity contribution is 0.0687. The number of amides is 1. The molecule has 10 N–H and O–H groups in total. The number of halogens is 1. The van der Waals surface area contributed by atoms with Gasteiger partial charge in [-0.1, -0.05) is 29.4 Å². The summed E-state index contributed by atoms with van der Waals surface area (Å²) in [4.78, 5) is 68.0. The average Bonchev–Trinajstić information content (AvgIpc) is 3.80. The van der Waals surface area contributed by atoms with Crippen LogP contribution in [0.1, 0.15) is 50.1 Å². The number of nitrogens with zero attached hydrogens (tertiary/aromatic N) is 5. The lowest BCUT2D eigenvalue weighted by Crippen LogP contribution is -2.36. The maximum absolute atomic E-state index is 12.8. The van der Waals surface area contributed by atoms with Crippen LogP contribution < -0.4 is 44.4 Å². The van der Waals surface area contributed by atoms with Gasteiger partial charge < -0.3 is 32.9 Å². The van der Waals surface area contributed by atoms with Crippen LogP contribution in [0.15, 0.2) is 67.4 Å². The van der Waals surface area contributed by atoms with E-state index in [-0.39, 0.29) is 52.9 Å². The second kappa shape index (κ2) is 13.1. The van der Waals surface area contributed by atoms with Crippen molar-refractivity contribution in [2.45, 2.75) is 25.4 Å². The van der Waals surface area contributed by atoms with Gasteiger partial charge in [0, 0.05) is 23.9 Å². The second-order valence-corrected chi connectivity index (χ2v) is 10.4. The number of anilines is 4. The first-order valence-electron chi connectivity index (χ1n) is 13.9. The number of aromatic amines is 1. The van der Waals surface area contributed by atoms with Crippen molar-refractivity contribution in [3.63, 3.8) is 0 Å². The number of nitrogens with one attached hydrogen (secondary N) is 3. The molecule has 3 aromatic heterocycles. The van der Waals surface area contributed by atoms with Gasteiger partial charge in [0.2, 0.25) is 5.95 Å². The third-order valence-electron chi connectivity index (χ3n) is 7.40. The van der Waals surface area contributed by atoms with E-state index in [1.54, 1.807) is 18.2 Å². The zero-order chi connectivity index (χ0) is 33.4. The molecule has 3 aromatic carbocycles. The molecule has 246 valence electrons. The van der Waals surface area contributed by atoms with Crippen molar-refractivity contribution in [1.82, 2.24) is 35.0 Å². The number of nitrogen functional groups attached to an aromatic ring is 2. The Morgan fingerprint density at radius 1 is 1.06 bits per heavy atom. The van der Waals surface area contributed by atoms with Gasteiger partial charge in [-0.2, -0.15) is 9.50 Å². The summed E-state index contributed by atoms with van der Waals surface area (Å²) in [5.74, 6) is -2.39. The fraction of sp³-hybridized carbons (Fsp3) is 0.138. The van der Waals surface area contributed by atoms with Gasteiger partial charge in [0.1, 0.15) is 17.1 Å². The van der Waals surface area contributed by atoms with Crippen molar-refractivity contribution in [1.29, 1.82) is 0 Å². The number of carbonyl (C=O) groups excluding carboxylic acids is 1. The highest BCUT2D eigenvalue weighted by molar-refractivity contribution is 5.96. The zero-order valence-electron chi connectivity index (χ0n) is 24.6. The number of carbonyl (C=O) groups is 2. The molecular weight excluding hydrogens is 650 g/mol. The van der Waals surface area contributed by atoms with E-state index < -0.39 is 28.5 Å². The van der Waals surface area contributed by atoms with Crippen molar-refractivity contribution in [3.05, 3.63) is 108 Å². The molecule has 1 atom stereocenters. The van der Waals surface area contributed by atoms with Crippen LogP contribution in [-0.4, -0.2) is 46.7 Å². The van der Waals surface area contributed by atoms with Crippen LogP contribution in [0.4, 0.5) is 23.0 Å². The summed E-state index contributed by atoms with van der Waals surface area (Å²) in [6.07, 6.45) is 1.34. The molecule has 0 unspecified atom stereocenters. The maximum atomic E-state index is 12.8. The van der Waals surface area contributed by atoms with Gasteiger partial charge in [0.05, 0.1) is 6.04 Å². The molecule has 6 aromatic rings. The molecular formula is C29H26ClN11O7. The largest absolute Gasteiger partial charge is 0.477 e. The van der Waals surface area contributed by atoms with Gasteiger partial charge in [-0.15, -0.1) is 17.5 Å². The number of benzene rings is 2. The summed E-state index contributed by atoms with van der Waals surface area (Å²) in [7, 11) is 0. The van der Waals surface area contributed by atoms with Crippen LogP contribution in [0.25, 0.3) is 17.2 Å². The third kappa shape index (κ3) is 6.32. The molecule has 1 aliphatic carbocycles. The number of carboxylic acids is 1. The van der Waals surface area contributed by atoms with E-state index >= 15 is 0 Å². The number of hydrogen-bond donors (Lipinski definition) is 7. The lowest BCUT2D eigenvalue weighted by atomic mass is 10.0. The SMILES string of the molecule is Cl.NCc1cccc(Nc2c(N)c(=O)c2=O)c1.Nc1nc2nc(C(=O)N[C@H]3CCc4cc(-c5noc(=O)[nH]5)ccc43)cc(C(=O)O)n2n1. The van der Waals surface area contributed by atoms with E-state index in [1.807, 2.05) is 24.3 Å². The topological polar surface area (TPSA) is 293 Å². The van der Waals surface area contributed by atoms with E-state index in [0.29, 0.717) is 36.5 Å². The van der Waals surface area contributed by atoms with Gasteiger partial charge in [0.15, 0.2) is 11.5 Å². The Labute approximate surface area is 274 Å². The number of H-pyrrole nitrogens is 1. The number of fused-ring (bicyclic) bond motifs is 2. The van der Waals surface area contributed by atoms with Crippen LogP contribution in [0, 0.1) is 0 Å². The summed E-state index contributed by atoms with van der Waals surface area (Å²) in [5, 5.41) is 22.6. The molecule has 1 amide bonds. The standard InChI is InChI=1S/C18H14N8O5.C11H11N3O2.ClH/c19-16-23-17-21-11(6-12(15(28)29)26(17)24-16)14(27)20-10-4-2-7-5-8(1-3-9(7)10)13-22-18(30)31-25-13;12-5-6-2-1-3-7(4-6)14-9-8(13)10(15)11(9)16;/h1,3,5-6,10H,2,4H2,(H2,19,24)(H,20,27)(H,28,29)(H,22,25,30);1-4,14H,5,12-13H2;1H/t10-;;/m0../s1. The molecule has 0 radical (unpaired) electrons. The Bertz CT molecular complexity index is 2320. The van der Waals surface area contributed by atoms with Gasteiger partial charge in [-0.05, 0) is 47.7 Å². The van der Waals surface area contributed by atoms with Gasteiger partial charge in [-0.3, -0.25) is 23.9 Å². The summed E-state index contributed by atoms with van der Waals surface area (Å²) >= 11 is 0. The molecule has 0 spiro atoms. The van der Waals surface area contributed by atoms with Crippen molar-refractivity contribution in [2.24, 2.45) is 5.73 Å². The summed E-state index contributed by atoms with van der Waals surface area (Å²) in [5.41, 5.74) is 19.2. The van der Waals surface area contributed by atoms with Gasteiger partial charge in [0.25, 0.3) is 22.5 Å². The minimum Gasteiger partial charge on any atom is -0.477 e. The van der Waals surface area contributed by atoms with Crippen LogP contribution in [0.3, 0.4) is 0 Å². The monoisotopic (exact) mass is 675 g/mol. The first kappa shape index (κ1) is 33.0. The van der Waals surface area contributed by atoms with Crippen LogP contribution in [0.2, 0.25) is 0 Å². The number of aryl methyl sites for hydroxylation is 1. The number of carboxylic acid groups (broad SMARTS) is 1. The Hall–Kier alpha value is -6.40. The maximum Gasteiger partial charge on any atom is 0.439 e. The van der Waals surface area contributed by atoms with Crippen LogP contribution >= 0.6 is 12.4 Å². The zero-order valence-corrected chi connectivity index (χ0v) is 25.4. The molecule has 18 nitrogen and oxygen atoms in total. The first-order valence-corrected chi connectivity index (χ1v) is 13.9. The molecule has 1 aliphatic rings. The predicted octanol–water partition coefficient (Wildman–Crippen LogP) is 0.654. The van der Waals surface area contributed by atoms with E-state index in [0.717, 1.165) is 27.3 Å². The Morgan fingerprint density at radius 2 is 1.85 bits per heavy atom. The van der Waals surface area contributed by atoms with E-state index in [2.05, 4.69) is 40.4 Å². The number of nitrogens with two attached hydrogens (primary N) is 3. The normalized spacial score (nSPS) is 13.3. The van der Waals surface area contributed by atoms with E-state index in [9.17, 15) is 29.1 Å². The van der Waals surface area contributed by atoms with E-state index in [1.165, 1.54) is 0 Å². The molecule has 7 rings (SSSR count). The van der Waals surface area contributed by atoms with Gasteiger partial charge >= 0.3 is 11.7 Å². The molecule has 0 aliphatic heterocycles. The minimum atomic E-state index is -1.30. The Morgan fingerprint density at radius 3 is 2.54 bits per heavy atom. The molecule has 0 bridgehead atoms. The number of aromatic carboxylic acids is 1. The first-order chi connectivity index (χ1) is 22.5. The molecule has 0 fully saturated rings. The smallest absolute Gasteiger partial charge is 0.439 e. The summed E-state index contributed by atoms with van der Waals surface area (Å²) in [6.45, 7) is 0.414. The molecule has 0 saturated carbocycles. The highest BCUT2D eigenvalue weighted by atomic mass is 35.5. The quantitative estimate of drug-likeness (QED) is 0.114. The van der Waals surface area contributed by atoms with Gasteiger partial charge in [-0.25, -0.2) is 14.6 Å². The van der Waals surface area contributed by atoms with Crippen molar-refractivity contribution < 1.29 is 19.2 Å². The highest BCUT2D eigenvalue weighted by Gasteiger charge is 2.27. The molecule has 19 heteroatoms. The summed E-state index contributed by atoms with van der Waals surface area (Å²) in [6, 6.07) is 13.6. The van der Waals surface area contributed by atoms with Crippen LogP contribution in [0.5, 0.6) is 0 Å². The fourth-order valence-electron chi connectivity index (χ4n) is 5.11. The Balaban J connectivity index is 0.000000224. The molecule has 0 saturated heterocycles. The predicted molar refractivity (Wildman–Crippen MR) is 174 cm³/mol. The number of aromatic nitrogens is 6. The average molecular weight is 676 g/mol.